The van der Waals surface area contributed by atoms with Crippen molar-refractivity contribution in [1.82, 2.24) is 15.2 Å². The number of benzene rings is 1. The fourth-order valence-electron chi connectivity index (χ4n) is 1.64. The fraction of sp³-hybridized carbons (Fsp3) is 0.143. The normalized spacial score (nSPS) is 11.8. The zero-order valence-corrected chi connectivity index (χ0v) is 11.2. The van der Waals surface area contributed by atoms with Crippen molar-refractivity contribution in [1.29, 1.82) is 0 Å². The van der Waals surface area contributed by atoms with E-state index in [0.717, 1.165) is 11.1 Å². The van der Waals surface area contributed by atoms with E-state index in [1.54, 1.807) is 19.5 Å². The minimum Gasteiger partial charge on any atom is -0.349 e. The van der Waals surface area contributed by atoms with E-state index in [0.29, 0.717) is 18.3 Å². The Labute approximate surface area is 117 Å². The molecular weight excluding hydrogens is 252 g/mol. The third-order valence-electron chi connectivity index (χ3n) is 2.55. The molecule has 0 radical (unpaired) electrons. The Morgan fingerprint density at radius 1 is 1.40 bits per heavy atom. The first kappa shape index (κ1) is 13.7. The van der Waals surface area contributed by atoms with E-state index in [-0.39, 0.29) is 0 Å². The van der Waals surface area contributed by atoms with Crippen molar-refractivity contribution < 1.29 is 0 Å². The fourth-order valence-corrected chi connectivity index (χ4v) is 1.64. The second kappa shape index (κ2) is 6.98. The third-order valence-corrected chi connectivity index (χ3v) is 2.55. The van der Waals surface area contributed by atoms with E-state index in [4.69, 9.17) is 0 Å². The van der Waals surface area contributed by atoms with Crippen molar-refractivity contribution in [2.75, 3.05) is 12.4 Å². The molecule has 1 aromatic carbocycles. The summed E-state index contributed by atoms with van der Waals surface area (Å²) in [7, 11) is 1.68. The molecule has 0 spiro atoms. The van der Waals surface area contributed by atoms with Crippen LogP contribution in [-0.2, 0) is 6.54 Å². The van der Waals surface area contributed by atoms with Gasteiger partial charge in [0.1, 0.15) is 0 Å². The third kappa shape index (κ3) is 3.61. The molecule has 0 unspecified atom stereocenters. The lowest BCUT2D eigenvalue weighted by Crippen LogP contribution is -2.00. The maximum Gasteiger partial charge on any atom is 0.242 e. The van der Waals surface area contributed by atoms with Gasteiger partial charge in [0.2, 0.25) is 5.95 Å². The molecule has 2 rings (SSSR count). The van der Waals surface area contributed by atoms with Crippen LogP contribution in [0.25, 0.3) is 5.57 Å². The Morgan fingerprint density at radius 3 is 2.90 bits per heavy atom. The molecule has 6 nitrogen and oxygen atoms in total. The van der Waals surface area contributed by atoms with Gasteiger partial charge >= 0.3 is 0 Å². The Hall–Kier alpha value is -2.76. The van der Waals surface area contributed by atoms with Gasteiger partial charge in [0.15, 0.2) is 5.82 Å². The van der Waals surface area contributed by atoms with Crippen LogP contribution in [0.2, 0.25) is 0 Å². The minimum atomic E-state index is 0.531. The summed E-state index contributed by atoms with van der Waals surface area (Å²) in [4.78, 5) is 12.0. The van der Waals surface area contributed by atoms with Crippen LogP contribution in [0.4, 0.5) is 5.95 Å². The Kier molecular flexibility index (Phi) is 4.77. The molecule has 6 heteroatoms. The number of anilines is 1. The van der Waals surface area contributed by atoms with Crippen LogP contribution in [0.1, 0.15) is 11.4 Å². The van der Waals surface area contributed by atoms with Gasteiger partial charge in [-0.1, -0.05) is 30.3 Å². The van der Waals surface area contributed by atoms with Crippen molar-refractivity contribution in [3.8, 4) is 0 Å². The highest BCUT2D eigenvalue weighted by atomic mass is 15.3. The van der Waals surface area contributed by atoms with E-state index < -0.39 is 0 Å². The molecular formula is C14H16N6. The van der Waals surface area contributed by atoms with E-state index in [1.807, 2.05) is 30.3 Å². The Bertz CT molecular complexity index is 612. The van der Waals surface area contributed by atoms with Gasteiger partial charge in [-0.3, -0.25) is 15.1 Å². The summed E-state index contributed by atoms with van der Waals surface area (Å²) < 4.78 is 0. The largest absolute Gasteiger partial charge is 0.349 e. The molecule has 0 amide bonds. The SMILES string of the molecule is C=N/C=C(\C=NC)c1nc(NCc2ccccc2)n[nH]1. The number of aromatic amines is 1. The molecule has 0 aliphatic rings. The summed E-state index contributed by atoms with van der Waals surface area (Å²) in [5, 5.41) is 10.1. The van der Waals surface area contributed by atoms with Crippen LogP contribution in [0.5, 0.6) is 0 Å². The second-order valence-electron chi connectivity index (χ2n) is 4.00. The zero-order valence-electron chi connectivity index (χ0n) is 11.2. The second-order valence-corrected chi connectivity index (χ2v) is 4.00. The van der Waals surface area contributed by atoms with Crippen molar-refractivity contribution >= 4 is 24.5 Å². The summed E-state index contributed by atoms with van der Waals surface area (Å²) >= 11 is 0. The molecule has 0 aliphatic heterocycles. The van der Waals surface area contributed by atoms with Gasteiger partial charge in [-0.2, -0.15) is 4.98 Å². The van der Waals surface area contributed by atoms with E-state index in [2.05, 4.69) is 37.2 Å². The summed E-state index contributed by atoms with van der Waals surface area (Å²) in [5.74, 6) is 1.13. The number of hydrogen-bond donors (Lipinski definition) is 2. The van der Waals surface area contributed by atoms with Gasteiger partial charge < -0.3 is 5.32 Å². The lowest BCUT2D eigenvalue weighted by Gasteiger charge is -2.00. The maximum absolute atomic E-state index is 4.34. The highest BCUT2D eigenvalue weighted by molar-refractivity contribution is 6.08. The monoisotopic (exact) mass is 268 g/mol. The molecule has 0 bridgehead atoms. The van der Waals surface area contributed by atoms with Gasteiger partial charge in [0, 0.05) is 26.0 Å². The highest BCUT2D eigenvalue weighted by Gasteiger charge is 2.06. The van der Waals surface area contributed by atoms with Crippen molar-refractivity contribution in [3.05, 3.63) is 47.9 Å². The first-order valence-electron chi connectivity index (χ1n) is 6.12. The Morgan fingerprint density at radius 2 is 2.20 bits per heavy atom. The van der Waals surface area contributed by atoms with Gasteiger partial charge in [-0.15, -0.1) is 5.10 Å². The molecule has 0 atom stereocenters. The van der Waals surface area contributed by atoms with Gasteiger partial charge in [0.05, 0.1) is 5.57 Å². The summed E-state index contributed by atoms with van der Waals surface area (Å²) in [6.45, 7) is 4.09. The number of nitrogens with zero attached hydrogens (tertiary/aromatic N) is 4. The molecule has 2 N–H and O–H groups in total. The summed E-state index contributed by atoms with van der Waals surface area (Å²) in [5.41, 5.74) is 1.89. The number of H-pyrrole nitrogens is 1. The zero-order chi connectivity index (χ0) is 14.2. The number of aliphatic imine (C=N–C) groups is 2. The van der Waals surface area contributed by atoms with Gasteiger partial charge in [-0.05, 0) is 12.3 Å². The lowest BCUT2D eigenvalue weighted by molar-refractivity contribution is 1.04. The predicted molar refractivity (Wildman–Crippen MR) is 82.1 cm³/mol. The topological polar surface area (TPSA) is 78.3 Å². The van der Waals surface area contributed by atoms with Crippen LogP contribution in [0.3, 0.4) is 0 Å². The highest BCUT2D eigenvalue weighted by Crippen LogP contribution is 2.10. The van der Waals surface area contributed by atoms with Crippen LogP contribution in [0.15, 0.2) is 46.5 Å². The van der Waals surface area contributed by atoms with Crippen LogP contribution in [0, 0.1) is 0 Å². The average molecular weight is 268 g/mol. The molecule has 0 saturated carbocycles. The number of rotatable bonds is 6. The van der Waals surface area contributed by atoms with Crippen molar-refractivity contribution in [2.24, 2.45) is 9.98 Å². The predicted octanol–water partition coefficient (Wildman–Crippen LogP) is 2.16. The van der Waals surface area contributed by atoms with Crippen LogP contribution >= 0.6 is 0 Å². The minimum absolute atomic E-state index is 0.531. The van der Waals surface area contributed by atoms with Crippen LogP contribution in [-0.4, -0.2) is 35.2 Å². The Balaban J connectivity index is 2.05. The number of allylic oxidation sites excluding steroid dienone is 1. The molecule has 20 heavy (non-hydrogen) atoms. The van der Waals surface area contributed by atoms with E-state index in [9.17, 15) is 0 Å². The number of hydrogen-bond acceptors (Lipinski definition) is 5. The van der Waals surface area contributed by atoms with Gasteiger partial charge in [0.25, 0.3) is 0 Å². The lowest BCUT2D eigenvalue weighted by atomic mass is 10.2. The molecule has 0 fully saturated rings. The van der Waals surface area contributed by atoms with Crippen molar-refractivity contribution in [2.45, 2.75) is 6.54 Å². The maximum atomic E-state index is 4.34. The van der Waals surface area contributed by atoms with Crippen molar-refractivity contribution in [3.63, 3.8) is 0 Å². The van der Waals surface area contributed by atoms with E-state index >= 15 is 0 Å². The molecule has 0 aliphatic carbocycles. The molecule has 1 heterocycles. The molecule has 0 saturated heterocycles. The smallest absolute Gasteiger partial charge is 0.242 e. The first-order valence-corrected chi connectivity index (χ1v) is 6.12. The molecule has 102 valence electrons. The number of aromatic nitrogens is 3. The van der Waals surface area contributed by atoms with Crippen LogP contribution < -0.4 is 5.32 Å². The molecule has 1 aromatic heterocycles. The summed E-state index contributed by atoms with van der Waals surface area (Å²) in [6.07, 6.45) is 3.23. The standard InChI is InChI=1S/C14H16N6/c1-15-9-12(10-16-2)13-18-14(20-19-13)17-8-11-6-4-3-5-7-11/h3-7,9-10H,1,8H2,2H3,(H2,17,18,19,20)/b12-9+,16-10?. The average Bonchev–Trinajstić information content (AvgIpc) is 2.95. The quantitative estimate of drug-likeness (QED) is 0.788. The number of nitrogens with one attached hydrogen (secondary N) is 2. The van der Waals surface area contributed by atoms with E-state index in [1.165, 1.54) is 0 Å². The molecule has 2 aromatic rings. The summed E-state index contributed by atoms with van der Waals surface area (Å²) in [6, 6.07) is 10.1. The van der Waals surface area contributed by atoms with Gasteiger partial charge in [-0.25, -0.2) is 0 Å². The first-order chi connectivity index (χ1) is 9.83.